The number of furan rings is 1. The zero-order chi connectivity index (χ0) is 32.8. The first kappa shape index (κ1) is 27.5. The Balaban J connectivity index is 1.24. The summed E-state index contributed by atoms with van der Waals surface area (Å²) in [6.07, 6.45) is 1.86. The molecule has 6 heteroatoms. The lowest BCUT2D eigenvalue weighted by Crippen LogP contribution is -2.01. The summed E-state index contributed by atoms with van der Waals surface area (Å²) in [6.45, 7) is 0. The maximum absolute atomic E-state index is 6.30. The van der Waals surface area contributed by atoms with Gasteiger partial charge in [0, 0.05) is 64.6 Å². The van der Waals surface area contributed by atoms with E-state index >= 15 is 0 Å². The van der Waals surface area contributed by atoms with E-state index in [9.17, 15) is 0 Å². The van der Waals surface area contributed by atoms with E-state index in [2.05, 4.69) is 103 Å². The number of nitrogens with zero attached hydrogens (tertiary/aromatic N) is 4. The smallest absolute Gasteiger partial charge is 0.164 e. The highest BCUT2D eigenvalue weighted by atomic mass is 32.1. The summed E-state index contributed by atoms with van der Waals surface area (Å²) in [4.78, 5) is 20.7. The second kappa shape index (κ2) is 10.5. The SMILES string of the molecule is c1cnc2c(c1)ccc1ccc3c(-c4nc(-c5cccc6oc7ccccc7c56)nc(-c5cccc6sc7ccccc7c56)n4)cccc3c12. The lowest BCUT2D eigenvalue weighted by atomic mass is 9.96. The van der Waals surface area contributed by atoms with Crippen molar-refractivity contribution in [1.82, 2.24) is 19.9 Å². The van der Waals surface area contributed by atoms with Crippen molar-refractivity contribution in [3.05, 3.63) is 146 Å². The standard InChI is InChI=1S/C44H24N4OS/c1-3-16-34-30(10-1)39-32(14-6-17-35(39)49-34)43-46-42(47-44(48-43)33-15-7-19-37-40(33)31-11-2-4-18-36(31)50-37)29-13-5-12-28-27(29)23-22-25-20-21-26-9-8-24-45-41(26)38(25)28/h1-24H. The van der Waals surface area contributed by atoms with Crippen molar-refractivity contribution >= 4 is 85.9 Å². The molecule has 4 aromatic heterocycles. The Morgan fingerprint density at radius 1 is 0.400 bits per heavy atom. The maximum Gasteiger partial charge on any atom is 0.164 e. The molecular formula is C44H24N4OS. The van der Waals surface area contributed by atoms with Crippen molar-refractivity contribution < 1.29 is 4.42 Å². The molecule has 0 saturated carbocycles. The number of para-hydroxylation sites is 1. The number of rotatable bonds is 3. The number of pyridine rings is 1. The monoisotopic (exact) mass is 656 g/mol. The number of fused-ring (bicyclic) bond motifs is 11. The van der Waals surface area contributed by atoms with E-state index in [1.165, 1.54) is 14.8 Å². The summed E-state index contributed by atoms with van der Waals surface area (Å²) in [5.41, 5.74) is 5.44. The molecule has 232 valence electrons. The summed E-state index contributed by atoms with van der Waals surface area (Å²) in [6, 6.07) is 48.4. The van der Waals surface area contributed by atoms with Gasteiger partial charge in [-0.1, -0.05) is 109 Å². The summed E-state index contributed by atoms with van der Waals surface area (Å²) < 4.78 is 8.73. The summed E-state index contributed by atoms with van der Waals surface area (Å²) in [7, 11) is 0. The van der Waals surface area contributed by atoms with Crippen LogP contribution in [0, 0.1) is 0 Å². The predicted octanol–water partition coefficient (Wildman–Crippen LogP) is 12.0. The molecule has 7 aromatic carbocycles. The predicted molar refractivity (Wildman–Crippen MR) is 207 cm³/mol. The van der Waals surface area contributed by atoms with Gasteiger partial charge in [-0.2, -0.15) is 0 Å². The normalized spacial score (nSPS) is 12.0. The topological polar surface area (TPSA) is 64.7 Å². The van der Waals surface area contributed by atoms with Crippen molar-refractivity contribution in [2.75, 3.05) is 0 Å². The molecule has 50 heavy (non-hydrogen) atoms. The fourth-order valence-electron chi connectivity index (χ4n) is 7.57. The Bertz CT molecular complexity index is 3050. The van der Waals surface area contributed by atoms with Crippen molar-refractivity contribution in [3.8, 4) is 34.2 Å². The molecule has 0 unspecified atom stereocenters. The van der Waals surface area contributed by atoms with E-state index in [0.717, 1.165) is 76.5 Å². The van der Waals surface area contributed by atoms with Gasteiger partial charge in [-0.25, -0.2) is 15.0 Å². The van der Waals surface area contributed by atoms with Crippen molar-refractivity contribution in [2.45, 2.75) is 0 Å². The van der Waals surface area contributed by atoms with Gasteiger partial charge in [0.25, 0.3) is 0 Å². The van der Waals surface area contributed by atoms with Gasteiger partial charge in [0.2, 0.25) is 0 Å². The van der Waals surface area contributed by atoms with E-state index in [-0.39, 0.29) is 0 Å². The minimum Gasteiger partial charge on any atom is -0.456 e. The highest BCUT2D eigenvalue weighted by molar-refractivity contribution is 7.25. The zero-order valence-electron chi connectivity index (χ0n) is 26.5. The van der Waals surface area contributed by atoms with Crippen LogP contribution < -0.4 is 0 Å². The molecule has 0 spiro atoms. The minimum atomic E-state index is 0.601. The van der Waals surface area contributed by atoms with Crippen LogP contribution >= 0.6 is 11.3 Å². The van der Waals surface area contributed by atoms with Crippen LogP contribution in [0.5, 0.6) is 0 Å². The average molecular weight is 657 g/mol. The highest BCUT2D eigenvalue weighted by Gasteiger charge is 2.21. The molecule has 0 aliphatic carbocycles. The van der Waals surface area contributed by atoms with Gasteiger partial charge in [-0.3, -0.25) is 4.98 Å². The van der Waals surface area contributed by atoms with E-state index in [1.54, 1.807) is 11.3 Å². The first-order valence-electron chi connectivity index (χ1n) is 16.6. The van der Waals surface area contributed by atoms with Gasteiger partial charge in [0.05, 0.1) is 5.52 Å². The lowest BCUT2D eigenvalue weighted by Gasteiger charge is -2.13. The molecule has 11 rings (SSSR count). The van der Waals surface area contributed by atoms with E-state index < -0.39 is 0 Å². The minimum absolute atomic E-state index is 0.601. The Labute approximate surface area is 289 Å². The number of hydrogen-bond acceptors (Lipinski definition) is 6. The molecule has 0 aliphatic heterocycles. The van der Waals surface area contributed by atoms with Gasteiger partial charge in [0.15, 0.2) is 17.5 Å². The summed E-state index contributed by atoms with van der Waals surface area (Å²) in [5.74, 6) is 1.85. The molecule has 0 amide bonds. The quantitative estimate of drug-likeness (QED) is 0.177. The Kier molecular flexibility index (Phi) is 5.76. The molecular weight excluding hydrogens is 633 g/mol. The van der Waals surface area contributed by atoms with Gasteiger partial charge in [0.1, 0.15) is 11.2 Å². The third-order valence-electron chi connectivity index (χ3n) is 9.78. The molecule has 0 atom stereocenters. The zero-order valence-corrected chi connectivity index (χ0v) is 27.3. The molecule has 0 bridgehead atoms. The molecule has 0 fully saturated rings. The van der Waals surface area contributed by atoms with E-state index in [4.69, 9.17) is 24.4 Å². The molecule has 0 saturated heterocycles. The summed E-state index contributed by atoms with van der Waals surface area (Å²) in [5, 5.41) is 9.94. The molecule has 0 radical (unpaired) electrons. The number of benzene rings is 7. The Morgan fingerprint density at radius 3 is 1.94 bits per heavy atom. The third-order valence-corrected chi connectivity index (χ3v) is 10.9. The van der Waals surface area contributed by atoms with Crippen LogP contribution in [0.2, 0.25) is 0 Å². The van der Waals surface area contributed by atoms with Crippen molar-refractivity contribution in [1.29, 1.82) is 0 Å². The first-order valence-corrected chi connectivity index (χ1v) is 17.4. The Morgan fingerprint density at radius 2 is 1.04 bits per heavy atom. The second-order valence-corrected chi connectivity index (χ2v) is 13.6. The van der Waals surface area contributed by atoms with Crippen LogP contribution in [0.4, 0.5) is 0 Å². The van der Waals surface area contributed by atoms with Gasteiger partial charge >= 0.3 is 0 Å². The van der Waals surface area contributed by atoms with Crippen LogP contribution in [-0.2, 0) is 0 Å². The largest absolute Gasteiger partial charge is 0.456 e. The van der Waals surface area contributed by atoms with E-state index in [0.29, 0.717) is 17.5 Å². The lowest BCUT2D eigenvalue weighted by molar-refractivity contribution is 0.669. The molecule has 5 nitrogen and oxygen atoms in total. The molecule has 0 aliphatic rings. The van der Waals surface area contributed by atoms with Crippen molar-refractivity contribution in [3.63, 3.8) is 0 Å². The fraction of sp³-hybridized carbons (Fsp3) is 0. The van der Waals surface area contributed by atoms with Gasteiger partial charge in [-0.15, -0.1) is 11.3 Å². The number of aromatic nitrogens is 4. The average Bonchev–Trinajstić information content (AvgIpc) is 3.76. The van der Waals surface area contributed by atoms with Crippen molar-refractivity contribution in [2.24, 2.45) is 0 Å². The molecule has 4 heterocycles. The van der Waals surface area contributed by atoms with Crippen LogP contribution in [0.15, 0.2) is 150 Å². The molecule has 11 aromatic rings. The fourth-order valence-corrected chi connectivity index (χ4v) is 8.70. The third kappa shape index (κ3) is 4.00. The molecule has 0 N–H and O–H groups in total. The highest BCUT2D eigenvalue weighted by Crippen LogP contribution is 2.42. The van der Waals surface area contributed by atoms with Gasteiger partial charge < -0.3 is 4.42 Å². The van der Waals surface area contributed by atoms with Crippen LogP contribution in [0.3, 0.4) is 0 Å². The summed E-state index contributed by atoms with van der Waals surface area (Å²) >= 11 is 1.79. The Hall–Kier alpha value is -6.50. The number of hydrogen-bond donors (Lipinski definition) is 0. The van der Waals surface area contributed by atoms with Gasteiger partial charge in [-0.05, 0) is 46.5 Å². The van der Waals surface area contributed by atoms with Crippen LogP contribution in [0.25, 0.3) is 109 Å². The van der Waals surface area contributed by atoms with Crippen LogP contribution in [0.1, 0.15) is 0 Å². The number of thiophene rings is 1. The van der Waals surface area contributed by atoms with Crippen LogP contribution in [-0.4, -0.2) is 19.9 Å². The van der Waals surface area contributed by atoms with E-state index in [1.807, 2.05) is 42.6 Å². The first-order chi connectivity index (χ1) is 24.8. The maximum atomic E-state index is 6.30. The second-order valence-electron chi connectivity index (χ2n) is 12.6.